The number of benzene rings is 1. The molecule has 26 heavy (non-hydrogen) atoms. The maximum atomic E-state index is 12.1. The molecule has 3 N–H and O–H groups in total. The normalized spacial score (nSPS) is 18.9. The third kappa shape index (κ3) is 5.16. The second-order valence-electron chi connectivity index (χ2n) is 6.39. The molecule has 1 aliphatic rings. The van der Waals surface area contributed by atoms with Gasteiger partial charge in [-0.25, -0.2) is 0 Å². The Morgan fingerprint density at radius 1 is 1.50 bits per heavy atom. The van der Waals surface area contributed by atoms with Crippen molar-refractivity contribution in [3.05, 3.63) is 53.7 Å². The second-order valence-corrected chi connectivity index (χ2v) is 7.40. The van der Waals surface area contributed by atoms with Crippen LogP contribution in [0.5, 0.6) is 0 Å². The molecule has 2 unspecified atom stereocenters. The van der Waals surface area contributed by atoms with Gasteiger partial charge in [-0.2, -0.15) is 0 Å². The van der Waals surface area contributed by atoms with Crippen molar-refractivity contribution in [1.29, 1.82) is 0 Å². The molecule has 1 heterocycles. The Bertz CT molecular complexity index is 752. The molecular weight excluding hydrogens is 344 g/mol. The minimum absolute atomic E-state index is 0.0186. The Labute approximate surface area is 159 Å². The van der Waals surface area contributed by atoms with Crippen molar-refractivity contribution in [2.45, 2.75) is 32.9 Å². The van der Waals surface area contributed by atoms with Crippen molar-refractivity contribution >= 4 is 35.1 Å². The van der Waals surface area contributed by atoms with Gasteiger partial charge in [0.2, 0.25) is 5.91 Å². The topological polar surface area (TPSA) is 79.8 Å². The highest BCUT2D eigenvalue weighted by Gasteiger charge is 2.24. The summed E-state index contributed by atoms with van der Waals surface area (Å²) >= 11 is 1.55. The van der Waals surface area contributed by atoms with E-state index in [0.29, 0.717) is 5.17 Å². The first-order valence-corrected chi connectivity index (χ1v) is 9.61. The van der Waals surface area contributed by atoms with Crippen molar-refractivity contribution in [1.82, 2.24) is 5.32 Å². The van der Waals surface area contributed by atoms with E-state index < -0.39 is 6.04 Å². The third-order valence-electron chi connectivity index (χ3n) is 4.18. The van der Waals surface area contributed by atoms with Gasteiger partial charge >= 0.3 is 0 Å². The molecular formula is C20H26N4OS. The number of allylic oxidation sites excluding steroid dienone is 3. The summed E-state index contributed by atoms with van der Waals surface area (Å²) in [5.74, 6) is 0.705. The molecule has 138 valence electrons. The summed E-state index contributed by atoms with van der Waals surface area (Å²) in [6, 6.07) is 7.76. The van der Waals surface area contributed by atoms with Gasteiger partial charge in [0, 0.05) is 12.0 Å². The van der Waals surface area contributed by atoms with Crippen molar-refractivity contribution in [3.63, 3.8) is 0 Å². The Balaban J connectivity index is 2.14. The molecule has 0 fully saturated rings. The van der Waals surface area contributed by atoms with E-state index >= 15 is 0 Å². The van der Waals surface area contributed by atoms with Gasteiger partial charge in [0.25, 0.3) is 0 Å². The van der Waals surface area contributed by atoms with Crippen LogP contribution in [0.2, 0.25) is 0 Å². The summed E-state index contributed by atoms with van der Waals surface area (Å²) in [4.78, 5) is 20.5. The zero-order chi connectivity index (χ0) is 19.1. The minimum Gasteiger partial charge on any atom is -0.320 e. The highest BCUT2D eigenvalue weighted by atomic mass is 32.2. The number of amides is 1. The average Bonchev–Trinajstić information content (AvgIpc) is 3.10. The van der Waals surface area contributed by atoms with E-state index in [9.17, 15) is 4.79 Å². The second kappa shape index (κ2) is 9.50. The smallest absolute Gasteiger partial charge is 0.243 e. The molecule has 1 amide bonds. The maximum absolute atomic E-state index is 12.1. The van der Waals surface area contributed by atoms with Crippen LogP contribution in [-0.2, 0) is 4.79 Å². The number of aliphatic imine (C=N–C) groups is 2. The molecule has 1 aliphatic heterocycles. The molecule has 6 heteroatoms. The molecule has 0 saturated carbocycles. The lowest BCUT2D eigenvalue weighted by Gasteiger charge is -2.14. The van der Waals surface area contributed by atoms with Gasteiger partial charge in [0.05, 0.1) is 12.1 Å². The quantitative estimate of drug-likeness (QED) is 0.594. The van der Waals surface area contributed by atoms with Gasteiger partial charge in [-0.1, -0.05) is 49.9 Å². The zero-order valence-corrected chi connectivity index (χ0v) is 16.3. The van der Waals surface area contributed by atoms with Gasteiger partial charge in [0.15, 0.2) is 5.17 Å². The zero-order valence-electron chi connectivity index (χ0n) is 15.5. The first-order valence-electron chi connectivity index (χ1n) is 8.62. The number of hydrogen-bond donors (Lipinski definition) is 2. The highest BCUT2D eigenvalue weighted by molar-refractivity contribution is 8.14. The summed E-state index contributed by atoms with van der Waals surface area (Å²) in [5, 5.41) is 3.49. The van der Waals surface area contributed by atoms with Crippen molar-refractivity contribution in [3.8, 4) is 0 Å². The van der Waals surface area contributed by atoms with Crippen LogP contribution in [0.15, 0.2) is 52.6 Å². The number of nitrogens with zero attached hydrogens (tertiary/aromatic N) is 2. The Morgan fingerprint density at radius 2 is 2.27 bits per heavy atom. The van der Waals surface area contributed by atoms with Crippen LogP contribution in [-0.4, -0.2) is 29.6 Å². The first kappa shape index (κ1) is 20.1. The Hall–Kier alpha value is -2.18. The van der Waals surface area contributed by atoms with E-state index in [1.807, 2.05) is 39.0 Å². The molecule has 0 bridgehead atoms. The first-order chi connectivity index (χ1) is 12.5. The average molecular weight is 371 g/mol. The monoisotopic (exact) mass is 370 g/mol. The van der Waals surface area contributed by atoms with Gasteiger partial charge in [-0.05, 0) is 48.4 Å². The van der Waals surface area contributed by atoms with Gasteiger partial charge in [0.1, 0.15) is 0 Å². The Kier molecular flexibility index (Phi) is 7.36. The van der Waals surface area contributed by atoms with Crippen LogP contribution in [0.4, 0.5) is 0 Å². The number of thioether (sulfide) groups is 1. The lowest BCUT2D eigenvalue weighted by molar-refractivity contribution is -0.121. The summed E-state index contributed by atoms with van der Waals surface area (Å²) < 4.78 is 0. The number of amidine groups is 1. The van der Waals surface area contributed by atoms with Gasteiger partial charge in [-0.15, -0.1) is 0 Å². The van der Waals surface area contributed by atoms with E-state index in [2.05, 4.69) is 40.2 Å². The van der Waals surface area contributed by atoms with Gasteiger partial charge < -0.3 is 11.1 Å². The lowest BCUT2D eigenvalue weighted by Crippen LogP contribution is -2.45. The van der Waals surface area contributed by atoms with E-state index in [4.69, 9.17) is 5.73 Å². The molecule has 0 saturated heterocycles. The lowest BCUT2D eigenvalue weighted by atomic mass is 10.00. The molecule has 0 aliphatic carbocycles. The fourth-order valence-corrected chi connectivity index (χ4v) is 3.48. The van der Waals surface area contributed by atoms with Crippen LogP contribution in [0.1, 0.15) is 37.9 Å². The van der Waals surface area contributed by atoms with Crippen LogP contribution < -0.4 is 11.1 Å². The molecule has 2 atom stereocenters. The molecule has 0 aromatic heterocycles. The molecule has 5 nitrogen and oxygen atoms in total. The van der Waals surface area contributed by atoms with E-state index in [1.165, 1.54) is 0 Å². The van der Waals surface area contributed by atoms with E-state index in [-0.39, 0.29) is 17.9 Å². The summed E-state index contributed by atoms with van der Waals surface area (Å²) in [6.07, 6.45) is 5.64. The summed E-state index contributed by atoms with van der Waals surface area (Å²) in [6.45, 7) is 9.31. The van der Waals surface area contributed by atoms with E-state index in [0.717, 1.165) is 22.5 Å². The van der Waals surface area contributed by atoms with Gasteiger partial charge in [-0.3, -0.25) is 14.8 Å². The number of rotatable bonds is 6. The largest absolute Gasteiger partial charge is 0.320 e. The number of carbonyl (C=O) groups is 1. The number of carbonyl (C=O) groups excluding carboxylic acids is 1. The predicted octanol–water partition coefficient (Wildman–Crippen LogP) is 3.55. The standard InChI is InChI=1S/C20H26N4OS/c1-5-14(9-10-22-4)15-7-6-8-16(11-15)17-12-26-20(23-17)24-19(25)18(21)13(2)3/h5-11,13,17-18H,4,12,21H2,1-3H3,(H,23,24,25)/b10-9-,14-5+. The third-order valence-corrected chi connectivity index (χ3v) is 5.14. The predicted molar refractivity (Wildman–Crippen MR) is 112 cm³/mol. The minimum atomic E-state index is -0.525. The number of nitrogens with two attached hydrogens (primary N) is 1. The summed E-state index contributed by atoms with van der Waals surface area (Å²) in [5.41, 5.74) is 9.18. The van der Waals surface area contributed by atoms with Crippen LogP contribution >= 0.6 is 11.8 Å². The van der Waals surface area contributed by atoms with Crippen molar-refractivity contribution in [2.24, 2.45) is 21.6 Å². The van der Waals surface area contributed by atoms with E-state index in [1.54, 1.807) is 18.0 Å². The van der Waals surface area contributed by atoms with Crippen LogP contribution in [0.3, 0.4) is 0 Å². The number of hydrogen-bond acceptors (Lipinski definition) is 5. The van der Waals surface area contributed by atoms with Crippen molar-refractivity contribution < 1.29 is 4.79 Å². The Morgan fingerprint density at radius 3 is 2.92 bits per heavy atom. The molecule has 2 rings (SSSR count). The SMILES string of the molecule is C=N/C=C\C(=C/C)c1cccc(C2CSC(NC(=O)C(N)C(C)C)=N2)c1. The van der Waals surface area contributed by atoms with Crippen LogP contribution in [0, 0.1) is 5.92 Å². The highest BCUT2D eigenvalue weighted by Crippen LogP contribution is 2.31. The number of nitrogens with one attached hydrogen (secondary N) is 1. The molecule has 1 aromatic rings. The molecule has 0 spiro atoms. The maximum Gasteiger partial charge on any atom is 0.243 e. The van der Waals surface area contributed by atoms with Crippen LogP contribution in [0.25, 0.3) is 5.57 Å². The molecule has 0 radical (unpaired) electrons. The fraction of sp³-hybridized carbons (Fsp3) is 0.350. The summed E-state index contributed by atoms with van der Waals surface area (Å²) in [7, 11) is 0. The fourth-order valence-electron chi connectivity index (χ4n) is 2.52. The van der Waals surface area contributed by atoms with Crippen molar-refractivity contribution in [2.75, 3.05) is 5.75 Å². The molecule has 1 aromatic carbocycles.